The first-order valence-electron chi connectivity index (χ1n) is 6.78. The van der Waals surface area contributed by atoms with Crippen LogP contribution in [-0.4, -0.2) is 6.61 Å². The highest BCUT2D eigenvalue weighted by atomic mass is 16.5. The molecule has 0 radical (unpaired) electrons. The maximum Gasteiger partial charge on any atom is 0.343 e. The Kier molecular flexibility index (Phi) is 2.22. The molecule has 1 unspecified atom stereocenters. The summed E-state index contributed by atoms with van der Waals surface area (Å²) in [5.74, 6) is 0.797. The number of benzene rings is 2. The SMILES string of the molecule is Cc1cccc2c1ccc1c3c(c(=O)oc12)C(C)CO3. The number of hydrogen-bond donors (Lipinski definition) is 0. The number of hydrogen-bond acceptors (Lipinski definition) is 3. The summed E-state index contributed by atoms with van der Waals surface area (Å²) in [7, 11) is 0. The van der Waals surface area contributed by atoms with E-state index in [2.05, 4.69) is 19.1 Å². The van der Waals surface area contributed by atoms with Gasteiger partial charge in [0, 0.05) is 11.3 Å². The standard InChI is InChI=1S/C17H14O3/c1-9-4-3-5-12-11(9)6-7-13-15(12)20-17(18)14-10(2)8-19-16(13)14/h3-7,10H,8H2,1-2H3. The fourth-order valence-corrected chi connectivity index (χ4v) is 3.03. The Morgan fingerprint density at radius 2 is 1.90 bits per heavy atom. The zero-order valence-electron chi connectivity index (χ0n) is 11.4. The van der Waals surface area contributed by atoms with E-state index in [9.17, 15) is 4.79 Å². The smallest absolute Gasteiger partial charge is 0.343 e. The van der Waals surface area contributed by atoms with Gasteiger partial charge in [-0.15, -0.1) is 0 Å². The number of fused-ring (bicyclic) bond motifs is 5. The molecule has 20 heavy (non-hydrogen) atoms. The first-order chi connectivity index (χ1) is 9.66. The average molecular weight is 266 g/mol. The third-order valence-corrected chi connectivity index (χ3v) is 4.10. The van der Waals surface area contributed by atoms with E-state index in [4.69, 9.17) is 9.15 Å². The van der Waals surface area contributed by atoms with Crippen LogP contribution in [0, 0.1) is 6.92 Å². The van der Waals surface area contributed by atoms with Gasteiger partial charge in [-0.2, -0.15) is 0 Å². The van der Waals surface area contributed by atoms with Crippen LogP contribution in [0.2, 0.25) is 0 Å². The summed E-state index contributed by atoms with van der Waals surface area (Å²) in [6.45, 7) is 4.59. The molecule has 1 atom stereocenters. The van der Waals surface area contributed by atoms with E-state index in [0.717, 1.165) is 16.2 Å². The van der Waals surface area contributed by atoms with Crippen LogP contribution < -0.4 is 10.4 Å². The Bertz CT molecular complexity index is 905. The lowest BCUT2D eigenvalue weighted by molar-refractivity contribution is 0.340. The van der Waals surface area contributed by atoms with Gasteiger partial charge in [-0.25, -0.2) is 4.79 Å². The summed E-state index contributed by atoms with van der Waals surface area (Å²) >= 11 is 0. The fraction of sp³-hybridized carbons (Fsp3) is 0.235. The summed E-state index contributed by atoms with van der Waals surface area (Å²) in [6, 6.07) is 10.1. The van der Waals surface area contributed by atoms with Crippen LogP contribution >= 0.6 is 0 Å². The summed E-state index contributed by atoms with van der Waals surface area (Å²) in [6.07, 6.45) is 0. The van der Waals surface area contributed by atoms with E-state index >= 15 is 0 Å². The molecule has 100 valence electrons. The highest BCUT2D eigenvalue weighted by Crippen LogP contribution is 2.39. The predicted molar refractivity (Wildman–Crippen MR) is 78.6 cm³/mol. The third-order valence-electron chi connectivity index (χ3n) is 4.10. The van der Waals surface area contributed by atoms with Gasteiger partial charge in [0.15, 0.2) is 0 Å². The Labute approximate surface area is 115 Å². The van der Waals surface area contributed by atoms with Gasteiger partial charge < -0.3 is 9.15 Å². The van der Waals surface area contributed by atoms with Gasteiger partial charge in [0.1, 0.15) is 11.3 Å². The Morgan fingerprint density at radius 1 is 1.10 bits per heavy atom. The minimum Gasteiger partial charge on any atom is -0.492 e. The first kappa shape index (κ1) is 11.5. The second kappa shape index (κ2) is 3.85. The number of ether oxygens (including phenoxy) is 1. The van der Waals surface area contributed by atoms with Gasteiger partial charge in [0.25, 0.3) is 0 Å². The fourth-order valence-electron chi connectivity index (χ4n) is 3.03. The van der Waals surface area contributed by atoms with E-state index in [1.165, 1.54) is 5.56 Å². The van der Waals surface area contributed by atoms with Crippen molar-refractivity contribution in [3.8, 4) is 5.75 Å². The van der Waals surface area contributed by atoms with Gasteiger partial charge in [0.05, 0.1) is 17.6 Å². The molecule has 1 aliphatic heterocycles. The van der Waals surface area contributed by atoms with Gasteiger partial charge in [-0.05, 0) is 23.9 Å². The van der Waals surface area contributed by atoms with E-state index in [1.807, 2.05) is 25.1 Å². The molecular formula is C17H14O3. The molecule has 0 amide bonds. The Balaban J connectivity index is 2.24. The van der Waals surface area contributed by atoms with Gasteiger partial charge in [0.2, 0.25) is 0 Å². The molecule has 2 aromatic carbocycles. The molecule has 4 rings (SSSR count). The molecule has 0 saturated carbocycles. The van der Waals surface area contributed by atoms with Crippen LogP contribution in [-0.2, 0) is 0 Å². The maximum atomic E-state index is 12.2. The van der Waals surface area contributed by atoms with Crippen molar-refractivity contribution < 1.29 is 9.15 Å². The molecule has 1 aliphatic rings. The normalized spacial score (nSPS) is 17.4. The summed E-state index contributed by atoms with van der Waals surface area (Å²) in [5.41, 5.74) is 2.20. The van der Waals surface area contributed by atoms with E-state index in [1.54, 1.807) is 0 Å². The molecule has 0 saturated heterocycles. The first-order valence-corrected chi connectivity index (χ1v) is 6.78. The highest BCUT2D eigenvalue weighted by Gasteiger charge is 2.28. The lowest BCUT2D eigenvalue weighted by Gasteiger charge is -2.08. The topological polar surface area (TPSA) is 39.4 Å². The van der Waals surface area contributed by atoms with Crippen LogP contribution in [0.15, 0.2) is 39.5 Å². The van der Waals surface area contributed by atoms with Gasteiger partial charge >= 0.3 is 5.63 Å². The van der Waals surface area contributed by atoms with E-state index in [-0.39, 0.29) is 11.5 Å². The van der Waals surface area contributed by atoms with Crippen molar-refractivity contribution >= 4 is 21.7 Å². The number of aryl methyl sites for hydroxylation is 1. The third kappa shape index (κ3) is 1.38. The zero-order valence-corrected chi connectivity index (χ0v) is 11.4. The number of rotatable bonds is 0. The van der Waals surface area contributed by atoms with Gasteiger partial charge in [-0.1, -0.05) is 31.2 Å². The molecule has 3 heteroatoms. The Morgan fingerprint density at radius 3 is 2.75 bits per heavy atom. The van der Waals surface area contributed by atoms with Crippen molar-refractivity contribution in [2.45, 2.75) is 19.8 Å². The molecule has 0 bridgehead atoms. The van der Waals surface area contributed by atoms with Crippen molar-refractivity contribution in [2.75, 3.05) is 6.61 Å². The van der Waals surface area contributed by atoms with Crippen LogP contribution in [0.5, 0.6) is 5.75 Å². The Hall–Kier alpha value is -2.29. The molecule has 3 aromatic rings. The summed E-state index contributed by atoms with van der Waals surface area (Å²) in [5, 5.41) is 2.96. The lowest BCUT2D eigenvalue weighted by atomic mass is 10.00. The molecule has 0 spiro atoms. The van der Waals surface area contributed by atoms with Crippen molar-refractivity contribution in [2.24, 2.45) is 0 Å². The average Bonchev–Trinajstić information content (AvgIpc) is 2.82. The lowest BCUT2D eigenvalue weighted by Crippen LogP contribution is -2.07. The molecule has 3 nitrogen and oxygen atoms in total. The predicted octanol–water partition coefficient (Wildman–Crippen LogP) is 3.75. The van der Waals surface area contributed by atoms with Gasteiger partial charge in [-0.3, -0.25) is 0 Å². The molecule has 0 N–H and O–H groups in total. The molecular weight excluding hydrogens is 252 g/mol. The van der Waals surface area contributed by atoms with E-state index in [0.29, 0.717) is 23.5 Å². The maximum absolute atomic E-state index is 12.2. The van der Waals surface area contributed by atoms with Crippen LogP contribution in [0.4, 0.5) is 0 Å². The minimum absolute atomic E-state index is 0.0962. The highest BCUT2D eigenvalue weighted by molar-refractivity contribution is 6.07. The molecule has 0 aliphatic carbocycles. The second-order valence-electron chi connectivity index (χ2n) is 5.46. The summed E-state index contributed by atoms with van der Waals surface area (Å²) in [4.78, 5) is 12.2. The summed E-state index contributed by atoms with van der Waals surface area (Å²) < 4.78 is 11.3. The van der Waals surface area contributed by atoms with Crippen LogP contribution in [0.25, 0.3) is 21.7 Å². The zero-order chi connectivity index (χ0) is 13.9. The van der Waals surface area contributed by atoms with Crippen molar-refractivity contribution in [1.29, 1.82) is 0 Å². The monoisotopic (exact) mass is 266 g/mol. The van der Waals surface area contributed by atoms with Crippen molar-refractivity contribution in [3.05, 3.63) is 51.9 Å². The van der Waals surface area contributed by atoms with Crippen molar-refractivity contribution in [1.82, 2.24) is 0 Å². The molecule has 2 heterocycles. The minimum atomic E-state index is -0.272. The largest absolute Gasteiger partial charge is 0.492 e. The van der Waals surface area contributed by atoms with E-state index < -0.39 is 0 Å². The van der Waals surface area contributed by atoms with Crippen molar-refractivity contribution in [3.63, 3.8) is 0 Å². The van der Waals surface area contributed by atoms with Crippen LogP contribution in [0.1, 0.15) is 24.0 Å². The van der Waals surface area contributed by atoms with Crippen LogP contribution in [0.3, 0.4) is 0 Å². The second-order valence-corrected chi connectivity index (χ2v) is 5.46. The molecule has 1 aromatic heterocycles. The molecule has 0 fully saturated rings. The quantitative estimate of drug-likeness (QED) is 0.459.